The minimum Gasteiger partial charge on any atom is -0.396 e. The van der Waals surface area contributed by atoms with Gasteiger partial charge in [0.15, 0.2) is 0 Å². The lowest BCUT2D eigenvalue weighted by Crippen LogP contribution is -2.28. The van der Waals surface area contributed by atoms with Gasteiger partial charge in [0, 0.05) is 13.7 Å². The van der Waals surface area contributed by atoms with Crippen molar-refractivity contribution < 1.29 is 13.6 Å². The molecule has 0 aliphatic heterocycles. The highest BCUT2D eigenvalue weighted by atomic mass is 28.3. The first-order valence-electron chi connectivity index (χ1n) is 5.04. The Hall–Kier alpha value is 0.0969. The highest BCUT2D eigenvalue weighted by Crippen LogP contribution is 2.05. The molecule has 3 nitrogen and oxygen atoms in total. The molecule has 0 saturated heterocycles. The Kier molecular flexibility index (Phi) is 8.75. The molecule has 0 heterocycles. The van der Waals surface area contributed by atoms with E-state index in [0.29, 0.717) is 0 Å². The van der Waals surface area contributed by atoms with E-state index in [1.807, 2.05) is 6.92 Å². The molecule has 80 valence electrons. The summed E-state index contributed by atoms with van der Waals surface area (Å²) in [5.41, 5.74) is 0. The van der Waals surface area contributed by atoms with Gasteiger partial charge in [0.2, 0.25) is 0 Å². The minimum absolute atomic E-state index is 0.125. The van der Waals surface area contributed by atoms with Crippen molar-refractivity contribution in [2.75, 3.05) is 13.7 Å². The van der Waals surface area contributed by atoms with Gasteiger partial charge in [0.1, 0.15) is 6.29 Å². The van der Waals surface area contributed by atoms with Gasteiger partial charge in [0.05, 0.1) is 0 Å². The summed E-state index contributed by atoms with van der Waals surface area (Å²) < 4.78 is 16.3. The summed E-state index contributed by atoms with van der Waals surface area (Å²) in [6.45, 7) is 6.98. The van der Waals surface area contributed by atoms with Crippen molar-refractivity contribution >= 4 is 9.28 Å². The van der Waals surface area contributed by atoms with Crippen LogP contribution in [0.3, 0.4) is 0 Å². The van der Waals surface area contributed by atoms with Crippen LogP contribution in [0.25, 0.3) is 0 Å². The monoisotopic (exact) mass is 206 g/mol. The van der Waals surface area contributed by atoms with Crippen molar-refractivity contribution in [2.45, 2.75) is 45.9 Å². The Balaban J connectivity index is 3.65. The fourth-order valence-corrected chi connectivity index (χ4v) is 2.83. The van der Waals surface area contributed by atoms with E-state index in [9.17, 15) is 0 Å². The fourth-order valence-electron chi connectivity index (χ4n) is 0.945. The lowest BCUT2D eigenvalue weighted by Gasteiger charge is -2.19. The van der Waals surface area contributed by atoms with E-state index in [1.54, 1.807) is 7.11 Å². The number of hydrogen-bond donors (Lipinski definition) is 0. The molecule has 0 rings (SSSR count). The average molecular weight is 206 g/mol. The standard InChI is InChI=1S/C9H22O3Si/c1-5-7-11-13(8-6-2)12-9(3)10-4/h9,13H,5-8H2,1-4H3. The van der Waals surface area contributed by atoms with Crippen molar-refractivity contribution in [3.05, 3.63) is 0 Å². The minimum atomic E-state index is -1.45. The maximum Gasteiger partial charge on any atom is 0.323 e. The SMILES string of the molecule is CCCO[SiH](CCC)OC(C)OC. The average Bonchev–Trinajstić information content (AvgIpc) is 2.14. The zero-order chi connectivity index (χ0) is 10.1. The molecule has 0 spiro atoms. The van der Waals surface area contributed by atoms with Gasteiger partial charge in [-0.3, -0.25) is 0 Å². The molecule has 2 atom stereocenters. The zero-order valence-corrected chi connectivity index (χ0v) is 10.4. The van der Waals surface area contributed by atoms with Gasteiger partial charge in [-0.25, -0.2) is 0 Å². The maximum absolute atomic E-state index is 5.64. The summed E-state index contributed by atoms with van der Waals surface area (Å²) >= 11 is 0. The first kappa shape index (κ1) is 13.1. The molecule has 0 aliphatic rings. The summed E-state index contributed by atoms with van der Waals surface area (Å²) in [7, 11) is 0.203. The Bertz CT molecular complexity index is 111. The Labute approximate surface area is 83.2 Å². The topological polar surface area (TPSA) is 27.7 Å². The largest absolute Gasteiger partial charge is 0.396 e. The van der Waals surface area contributed by atoms with E-state index in [-0.39, 0.29) is 6.29 Å². The van der Waals surface area contributed by atoms with Crippen LogP contribution in [0.2, 0.25) is 6.04 Å². The van der Waals surface area contributed by atoms with Gasteiger partial charge in [0.25, 0.3) is 0 Å². The molecule has 2 unspecified atom stereocenters. The van der Waals surface area contributed by atoms with Gasteiger partial charge in [-0.15, -0.1) is 0 Å². The molecule has 0 amide bonds. The van der Waals surface area contributed by atoms with Gasteiger partial charge < -0.3 is 13.6 Å². The summed E-state index contributed by atoms with van der Waals surface area (Å²) in [6, 6.07) is 1.06. The van der Waals surface area contributed by atoms with Crippen LogP contribution in [0.1, 0.15) is 33.6 Å². The lowest BCUT2D eigenvalue weighted by molar-refractivity contribution is -0.0553. The summed E-state index contributed by atoms with van der Waals surface area (Å²) in [5, 5.41) is 0. The molecule has 0 aromatic carbocycles. The zero-order valence-electron chi connectivity index (χ0n) is 9.21. The van der Waals surface area contributed by atoms with Crippen molar-refractivity contribution in [1.82, 2.24) is 0 Å². The van der Waals surface area contributed by atoms with Crippen molar-refractivity contribution in [2.24, 2.45) is 0 Å². The normalized spacial score (nSPS) is 15.7. The van der Waals surface area contributed by atoms with E-state index in [0.717, 1.165) is 25.5 Å². The Morgan fingerprint density at radius 1 is 1.23 bits per heavy atom. The fraction of sp³-hybridized carbons (Fsp3) is 1.00. The van der Waals surface area contributed by atoms with Crippen LogP contribution in [0.5, 0.6) is 0 Å². The molecular formula is C9H22O3Si. The van der Waals surface area contributed by atoms with Crippen LogP contribution in [0.4, 0.5) is 0 Å². The van der Waals surface area contributed by atoms with Gasteiger partial charge in [-0.1, -0.05) is 20.3 Å². The molecule has 0 bridgehead atoms. The molecule has 4 heteroatoms. The van der Waals surface area contributed by atoms with Crippen molar-refractivity contribution in [3.8, 4) is 0 Å². The van der Waals surface area contributed by atoms with Gasteiger partial charge >= 0.3 is 9.28 Å². The van der Waals surface area contributed by atoms with E-state index >= 15 is 0 Å². The molecule has 0 radical (unpaired) electrons. The maximum atomic E-state index is 5.64. The first-order chi connectivity index (χ1) is 6.24. The van der Waals surface area contributed by atoms with Crippen LogP contribution in [0.15, 0.2) is 0 Å². The molecule has 0 aromatic heterocycles. The predicted molar refractivity (Wildman–Crippen MR) is 56.0 cm³/mol. The summed E-state index contributed by atoms with van der Waals surface area (Å²) in [6.07, 6.45) is 2.05. The summed E-state index contributed by atoms with van der Waals surface area (Å²) in [4.78, 5) is 0. The van der Waals surface area contributed by atoms with E-state index in [1.165, 1.54) is 0 Å². The number of methoxy groups -OCH3 is 1. The van der Waals surface area contributed by atoms with E-state index < -0.39 is 9.28 Å². The Morgan fingerprint density at radius 2 is 1.92 bits per heavy atom. The van der Waals surface area contributed by atoms with Crippen LogP contribution in [-0.4, -0.2) is 29.3 Å². The van der Waals surface area contributed by atoms with Crippen LogP contribution < -0.4 is 0 Å². The highest BCUT2D eigenvalue weighted by molar-refractivity contribution is 6.44. The predicted octanol–water partition coefficient (Wildman–Crippen LogP) is 2.05. The second kappa shape index (κ2) is 8.68. The van der Waals surface area contributed by atoms with Crippen molar-refractivity contribution in [3.63, 3.8) is 0 Å². The quantitative estimate of drug-likeness (QED) is 0.449. The highest BCUT2D eigenvalue weighted by Gasteiger charge is 2.15. The third-order valence-corrected chi connectivity index (χ3v) is 4.05. The molecular weight excluding hydrogens is 184 g/mol. The smallest absolute Gasteiger partial charge is 0.323 e. The van der Waals surface area contributed by atoms with Gasteiger partial charge in [-0.2, -0.15) is 0 Å². The van der Waals surface area contributed by atoms with Crippen molar-refractivity contribution in [1.29, 1.82) is 0 Å². The molecule has 0 aromatic rings. The third-order valence-electron chi connectivity index (χ3n) is 1.71. The molecule has 0 fully saturated rings. The molecule has 0 aliphatic carbocycles. The number of ether oxygens (including phenoxy) is 1. The first-order valence-corrected chi connectivity index (χ1v) is 6.80. The number of hydrogen-bond acceptors (Lipinski definition) is 3. The van der Waals surface area contributed by atoms with Crippen LogP contribution >= 0.6 is 0 Å². The van der Waals surface area contributed by atoms with E-state index in [2.05, 4.69) is 13.8 Å². The molecule has 0 N–H and O–H groups in total. The third kappa shape index (κ3) is 7.19. The molecule has 0 saturated carbocycles. The lowest BCUT2D eigenvalue weighted by atomic mass is 10.5. The molecule has 13 heavy (non-hydrogen) atoms. The second-order valence-corrected chi connectivity index (χ2v) is 5.07. The summed E-state index contributed by atoms with van der Waals surface area (Å²) in [5.74, 6) is 0. The van der Waals surface area contributed by atoms with Gasteiger partial charge in [-0.05, 0) is 19.4 Å². The second-order valence-electron chi connectivity index (χ2n) is 3.03. The van der Waals surface area contributed by atoms with Crippen LogP contribution in [0, 0.1) is 0 Å². The number of rotatable bonds is 8. The van der Waals surface area contributed by atoms with E-state index in [4.69, 9.17) is 13.6 Å². The van der Waals surface area contributed by atoms with Crippen LogP contribution in [-0.2, 0) is 13.6 Å². The Morgan fingerprint density at radius 3 is 2.38 bits per heavy atom.